The molecule has 0 aromatic heterocycles. The van der Waals surface area contributed by atoms with Crippen molar-refractivity contribution >= 4 is 39.7 Å². The van der Waals surface area contributed by atoms with Crippen molar-refractivity contribution in [3.63, 3.8) is 0 Å². The molecule has 13 N–H and O–H groups in total. The zero-order chi connectivity index (χ0) is 18.8. The zero-order valence-electron chi connectivity index (χ0n) is 10.8. The van der Waals surface area contributed by atoms with Gasteiger partial charge < -0.3 is 60.3 Å². The number of rotatable bonds is 0. The first kappa shape index (κ1) is 38.3. The molecule has 0 amide bonds. The molecule has 22 heteroatoms. The molecule has 0 bridgehead atoms. The van der Waals surface area contributed by atoms with Crippen LogP contribution in [-0.4, -0.2) is 102 Å². The van der Waals surface area contributed by atoms with E-state index in [0.717, 1.165) is 0 Å². The van der Waals surface area contributed by atoms with Crippen LogP contribution in [-0.2, 0) is 10.4 Å². The van der Waals surface area contributed by atoms with Crippen LogP contribution in [0.3, 0.4) is 0 Å². The van der Waals surface area contributed by atoms with Crippen molar-refractivity contribution in [1.82, 2.24) is 0 Å². The molecule has 128 valence electrons. The quantitative estimate of drug-likeness (QED) is 0.139. The van der Waals surface area contributed by atoms with Crippen molar-refractivity contribution in [2.75, 3.05) is 0 Å². The van der Waals surface area contributed by atoms with Gasteiger partial charge in [-0.3, -0.25) is 9.11 Å². The van der Waals surface area contributed by atoms with Gasteiger partial charge in [-0.25, -0.2) is 0 Å². The third-order valence-electron chi connectivity index (χ3n) is 0. The summed E-state index contributed by atoms with van der Waals surface area (Å²) in [6.45, 7) is 0. The van der Waals surface area contributed by atoms with E-state index in [1.807, 2.05) is 0 Å². The van der Waals surface area contributed by atoms with Gasteiger partial charge in [-0.1, -0.05) is 0 Å². The minimum absolute atomic E-state index is 0. The van der Waals surface area contributed by atoms with Crippen LogP contribution in [0.1, 0.15) is 0 Å². The molecule has 0 aliphatic carbocycles. The molecular weight excluding hydrogens is 354 g/mol. The van der Waals surface area contributed by atoms with Gasteiger partial charge in [-0.15, -0.1) is 0 Å². The van der Waals surface area contributed by atoms with Gasteiger partial charge in [0.15, 0.2) is 0 Å². The van der Waals surface area contributed by atoms with E-state index in [2.05, 4.69) is 0 Å². The van der Waals surface area contributed by atoms with Crippen LogP contribution in [0.2, 0.25) is 0 Å². The Hall–Kier alpha value is 0.650. The first-order chi connectivity index (χ1) is 8.93. The van der Waals surface area contributed by atoms with Crippen LogP contribution in [0, 0.1) is 0 Å². The molecule has 0 saturated carbocycles. The smallest absolute Gasteiger partial charge is 0.832 e. The topological polar surface area (TPSA) is 320 Å². The van der Waals surface area contributed by atoms with E-state index in [1.54, 1.807) is 0 Å². The summed E-state index contributed by atoms with van der Waals surface area (Å²) in [5.74, 6) is 0. The maximum atomic E-state index is 8.74. The van der Waals surface area contributed by atoms with Crippen LogP contribution in [0.4, 0.5) is 0 Å². The first-order valence-electron chi connectivity index (χ1n) is 3.77. The van der Waals surface area contributed by atoms with Crippen molar-refractivity contribution in [3.8, 4) is 0 Å². The fourth-order valence-electron chi connectivity index (χ4n) is 0. The van der Waals surface area contributed by atoms with Gasteiger partial charge in [0.05, 0.1) is 0 Å². The number of hydrogen-bond donors (Lipinski definition) is 13. The standard InChI is InChI=1S/3BH3O3.BH2O3.Na.H2O4S/c4*2-1(3)4;;1-5(2,3)4/h3*2-4H;2-3H;;(H2,1,2,3,4)/q;;;-1;+1;. The molecule has 0 fully saturated rings. The summed E-state index contributed by atoms with van der Waals surface area (Å²) >= 11 is 0. The Bertz CT molecular complexity index is 206. The second-order valence-electron chi connectivity index (χ2n) is 1.81. The van der Waals surface area contributed by atoms with Crippen LogP contribution in [0.25, 0.3) is 0 Å². The maximum absolute atomic E-state index is 8.74. The van der Waals surface area contributed by atoms with Gasteiger partial charge in [0.1, 0.15) is 0 Å². The SMILES string of the molecule is O=S(=O)(O)O.OB(O)O.OB(O)O.OB(O)O.[Na+].[O-]B(O)O. The zero-order valence-corrected chi connectivity index (χ0v) is 13.6. The van der Waals surface area contributed by atoms with E-state index < -0.39 is 39.7 Å². The summed E-state index contributed by atoms with van der Waals surface area (Å²) < 4.78 is 31.6. The van der Waals surface area contributed by atoms with Gasteiger partial charge in [0.25, 0.3) is 0 Å². The summed E-state index contributed by atoms with van der Waals surface area (Å²) in [6, 6.07) is 0. The predicted octanol–water partition coefficient (Wildman–Crippen LogP) is -12.5. The fraction of sp³-hybridized carbons (Fsp3) is 0. The van der Waals surface area contributed by atoms with Gasteiger partial charge in [0.2, 0.25) is 0 Å². The van der Waals surface area contributed by atoms with E-state index in [9.17, 15) is 0 Å². The Morgan fingerprint density at radius 1 is 0.591 bits per heavy atom. The molecule has 0 spiro atoms. The Morgan fingerprint density at radius 2 is 0.591 bits per heavy atom. The van der Waals surface area contributed by atoms with Crippen LogP contribution in [0.5, 0.6) is 0 Å². The predicted molar refractivity (Wildman–Crippen MR) is 61.6 cm³/mol. The molecule has 0 heterocycles. The molecule has 0 aromatic carbocycles. The van der Waals surface area contributed by atoms with Gasteiger partial charge in [0, 0.05) is 0 Å². The van der Waals surface area contributed by atoms with Gasteiger partial charge >= 0.3 is 69.2 Å². The minimum Gasteiger partial charge on any atom is -0.832 e. The Kier molecular flexibility index (Phi) is 46.2. The third-order valence-corrected chi connectivity index (χ3v) is 0. The minimum atomic E-state index is -4.67. The number of hydrogen-bond acceptors (Lipinski definition) is 14. The Labute approximate surface area is 147 Å². The third kappa shape index (κ3) is 18900. The van der Waals surface area contributed by atoms with Crippen LogP contribution < -0.4 is 34.6 Å². The van der Waals surface area contributed by atoms with Crippen molar-refractivity contribution in [2.24, 2.45) is 0 Å². The molecule has 0 saturated heterocycles. The normalized spacial score (nSPS) is 7.55. The van der Waals surface area contributed by atoms with Crippen molar-refractivity contribution < 1.29 is 107 Å². The Balaban J connectivity index is -0.0000000361. The van der Waals surface area contributed by atoms with Crippen molar-refractivity contribution in [1.29, 1.82) is 0 Å². The second kappa shape index (κ2) is 26.5. The molecule has 22 heavy (non-hydrogen) atoms. The van der Waals surface area contributed by atoms with E-state index in [0.29, 0.717) is 0 Å². The van der Waals surface area contributed by atoms with Crippen molar-refractivity contribution in [3.05, 3.63) is 0 Å². The molecule has 0 unspecified atom stereocenters. The maximum Gasteiger partial charge on any atom is 1.00 e. The first-order valence-corrected chi connectivity index (χ1v) is 5.17. The molecule has 0 atom stereocenters. The molecule has 16 nitrogen and oxygen atoms in total. The summed E-state index contributed by atoms with van der Waals surface area (Å²) in [6.07, 6.45) is 0. The summed E-state index contributed by atoms with van der Waals surface area (Å²) in [5.41, 5.74) is 0. The van der Waals surface area contributed by atoms with E-state index >= 15 is 0 Å². The molecule has 0 aromatic rings. The summed E-state index contributed by atoms with van der Waals surface area (Å²) in [4.78, 5) is 0. The average Bonchev–Trinajstić information content (AvgIpc) is 1.91. The average molecular weight is 367 g/mol. The molecule has 0 aliphatic heterocycles. The molecule has 0 radical (unpaired) electrons. The van der Waals surface area contributed by atoms with E-state index in [1.165, 1.54) is 0 Å². The van der Waals surface area contributed by atoms with Crippen molar-refractivity contribution in [2.45, 2.75) is 0 Å². The summed E-state index contributed by atoms with van der Waals surface area (Å²) in [7, 11) is -13.6. The van der Waals surface area contributed by atoms with Gasteiger partial charge in [-0.2, -0.15) is 8.42 Å². The molecule has 0 rings (SSSR count). The summed E-state index contributed by atoms with van der Waals surface area (Å²) in [5, 5.41) is 87.2. The largest absolute Gasteiger partial charge is 1.00 e. The molecular formula is H13B4NaO16S. The monoisotopic (exact) mass is 368 g/mol. The van der Waals surface area contributed by atoms with E-state index in [-0.39, 0.29) is 29.6 Å². The molecule has 0 aliphatic rings. The van der Waals surface area contributed by atoms with Gasteiger partial charge in [-0.05, 0) is 0 Å². The fourth-order valence-corrected chi connectivity index (χ4v) is 0. The Morgan fingerprint density at radius 3 is 0.591 bits per heavy atom. The second-order valence-corrected chi connectivity index (χ2v) is 2.71. The van der Waals surface area contributed by atoms with Crippen LogP contribution in [0.15, 0.2) is 0 Å². The van der Waals surface area contributed by atoms with E-state index in [4.69, 9.17) is 77.8 Å². The van der Waals surface area contributed by atoms with Crippen LogP contribution >= 0.6 is 0 Å².